The first kappa shape index (κ1) is 22.4. The summed E-state index contributed by atoms with van der Waals surface area (Å²) in [6.07, 6.45) is -4.48. The van der Waals surface area contributed by atoms with Crippen LogP contribution in [0.1, 0.15) is 31.5 Å². The number of benzene rings is 2. The summed E-state index contributed by atoms with van der Waals surface area (Å²) in [4.78, 5) is 17.2. The molecule has 0 fully saturated rings. The molecule has 1 amide bonds. The van der Waals surface area contributed by atoms with Gasteiger partial charge in [-0.3, -0.25) is 4.79 Å². The Morgan fingerprint density at radius 1 is 1.17 bits per heavy atom. The van der Waals surface area contributed by atoms with Crippen molar-refractivity contribution in [2.45, 2.75) is 26.3 Å². The molecule has 30 heavy (non-hydrogen) atoms. The maximum atomic E-state index is 12.7. The van der Waals surface area contributed by atoms with Crippen LogP contribution in [0.5, 0.6) is 5.75 Å². The quantitative estimate of drug-likeness (QED) is 0.456. The highest BCUT2D eigenvalue weighted by atomic mass is 35.5. The molecule has 10 heteroatoms. The van der Waals surface area contributed by atoms with Crippen LogP contribution in [0.3, 0.4) is 0 Å². The van der Waals surface area contributed by atoms with Crippen LogP contribution in [0.4, 0.5) is 13.2 Å². The van der Waals surface area contributed by atoms with Gasteiger partial charge in [-0.1, -0.05) is 29.3 Å². The Morgan fingerprint density at radius 3 is 2.50 bits per heavy atom. The van der Waals surface area contributed by atoms with E-state index in [1.165, 1.54) is 17.4 Å². The normalized spacial score (nSPS) is 11.4. The molecule has 0 aliphatic carbocycles. The molecule has 0 aliphatic heterocycles. The molecule has 0 unspecified atom stereocenters. The van der Waals surface area contributed by atoms with Gasteiger partial charge < -0.3 is 10.1 Å². The van der Waals surface area contributed by atoms with Gasteiger partial charge in [0.2, 0.25) is 0 Å². The maximum absolute atomic E-state index is 12.7. The van der Waals surface area contributed by atoms with E-state index < -0.39 is 17.6 Å². The SMILES string of the molecule is Cc1nc(COc2ccc(Cl)cc2)sc1C(=O)NCc1ccc(C(F)(F)F)cc1Cl. The van der Waals surface area contributed by atoms with E-state index in [9.17, 15) is 18.0 Å². The zero-order valence-corrected chi connectivity index (χ0v) is 17.8. The van der Waals surface area contributed by atoms with Crippen molar-refractivity contribution in [3.63, 3.8) is 0 Å². The third-order valence-corrected chi connectivity index (χ3v) is 5.78. The van der Waals surface area contributed by atoms with Gasteiger partial charge >= 0.3 is 6.18 Å². The second-order valence-corrected chi connectivity index (χ2v) is 8.18. The molecule has 0 saturated carbocycles. The largest absolute Gasteiger partial charge is 0.486 e. The molecule has 0 bridgehead atoms. The van der Waals surface area contributed by atoms with Crippen LogP contribution >= 0.6 is 34.5 Å². The molecule has 2 aromatic carbocycles. The standard InChI is InChI=1S/C20H15Cl2F3N2O2S/c1-11-18(30-17(27-11)10-29-15-6-4-14(21)5-7-15)19(28)26-9-12-2-3-13(8-16(12)22)20(23,24)25/h2-8H,9-10H2,1H3,(H,26,28). The molecular weight excluding hydrogens is 460 g/mol. The van der Waals surface area contributed by atoms with E-state index in [-0.39, 0.29) is 18.2 Å². The van der Waals surface area contributed by atoms with Crippen LogP contribution in [0.15, 0.2) is 42.5 Å². The molecule has 0 spiro atoms. The Balaban J connectivity index is 1.61. The maximum Gasteiger partial charge on any atom is 0.416 e. The predicted octanol–water partition coefficient (Wildman–Crippen LogP) is 6.29. The fraction of sp³-hybridized carbons (Fsp3) is 0.200. The van der Waals surface area contributed by atoms with E-state index in [4.69, 9.17) is 27.9 Å². The van der Waals surface area contributed by atoms with E-state index in [1.807, 2.05) is 0 Å². The summed E-state index contributed by atoms with van der Waals surface area (Å²) in [5.74, 6) is 0.230. The molecule has 158 valence electrons. The predicted molar refractivity (Wildman–Crippen MR) is 110 cm³/mol. The summed E-state index contributed by atoms with van der Waals surface area (Å²) in [7, 11) is 0. The van der Waals surface area contributed by atoms with Gasteiger partial charge in [0.05, 0.1) is 11.3 Å². The topological polar surface area (TPSA) is 51.2 Å². The number of amides is 1. The third-order valence-electron chi connectivity index (χ3n) is 4.04. The van der Waals surface area contributed by atoms with Crippen molar-refractivity contribution in [1.82, 2.24) is 10.3 Å². The first-order valence-electron chi connectivity index (χ1n) is 8.62. The van der Waals surface area contributed by atoms with E-state index in [0.29, 0.717) is 31.9 Å². The molecular formula is C20H15Cl2F3N2O2S. The van der Waals surface area contributed by atoms with Crippen LogP contribution in [-0.4, -0.2) is 10.9 Å². The number of alkyl halides is 3. The lowest BCUT2D eigenvalue weighted by Crippen LogP contribution is -2.22. The molecule has 1 N–H and O–H groups in total. The van der Waals surface area contributed by atoms with Gasteiger partial charge in [0.15, 0.2) is 0 Å². The molecule has 0 radical (unpaired) electrons. The Hall–Kier alpha value is -2.29. The molecule has 1 aromatic heterocycles. The highest BCUT2D eigenvalue weighted by Crippen LogP contribution is 2.32. The summed E-state index contributed by atoms with van der Waals surface area (Å²) in [6, 6.07) is 9.87. The van der Waals surface area contributed by atoms with Gasteiger partial charge in [-0.2, -0.15) is 13.2 Å². The van der Waals surface area contributed by atoms with Crippen molar-refractivity contribution in [2.75, 3.05) is 0 Å². The van der Waals surface area contributed by atoms with E-state index >= 15 is 0 Å². The highest BCUT2D eigenvalue weighted by Gasteiger charge is 2.30. The molecule has 0 atom stereocenters. The Morgan fingerprint density at radius 2 is 1.87 bits per heavy atom. The van der Waals surface area contributed by atoms with Gasteiger partial charge in [-0.15, -0.1) is 11.3 Å². The lowest BCUT2D eigenvalue weighted by Gasteiger charge is -2.10. The monoisotopic (exact) mass is 474 g/mol. The first-order valence-corrected chi connectivity index (χ1v) is 10.2. The fourth-order valence-electron chi connectivity index (χ4n) is 2.52. The van der Waals surface area contributed by atoms with Crippen LogP contribution in [0.25, 0.3) is 0 Å². The van der Waals surface area contributed by atoms with E-state index in [0.717, 1.165) is 12.1 Å². The number of nitrogens with zero attached hydrogens (tertiary/aromatic N) is 1. The molecule has 0 saturated heterocycles. The fourth-order valence-corrected chi connectivity index (χ4v) is 3.79. The zero-order valence-electron chi connectivity index (χ0n) is 15.5. The molecule has 0 aliphatic rings. The van der Waals surface area contributed by atoms with Crippen molar-refractivity contribution in [3.05, 3.63) is 79.2 Å². The van der Waals surface area contributed by atoms with Crippen molar-refractivity contribution in [3.8, 4) is 5.75 Å². The number of hydrogen-bond acceptors (Lipinski definition) is 4. The second kappa shape index (κ2) is 9.24. The number of aromatic nitrogens is 1. The lowest BCUT2D eigenvalue weighted by atomic mass is 10.1. The number of nitrogens with one attached hydrogen (secondary N) is 1. The van der Waals surface area contributed by atoms with Crippen LogP contribution in [0.2, 0.25) is 10.0 Å². The summed E-state index contributed by atoms with van der Waals surface area (Å²) in [6.45, 7) is 1.87. The Labute approximate surface area is 184 Å². The van der Waals surface area contributed by atoms with Crippen LogP contribution in [-0.2, 0) is 19.3 Å². The van der Waals surface area contributed by atoms with Gasteiger partial charge in [-0.05, 0) is 48.9 Å². The number of thiazole rings is 1. The second-order valence-electron chi connectivity index (χ2n) is 6.25. The number of halogens is 5. The van der Waals surface area contributed by atoms with Gasteiger partial charge in [-0.25, -0.2) is 4.98 Å². The molecule has 4 nitrogen and oxygen atoms in total. The van der Waals surface area contributed by atoms with E-state index in [1.54, 1.807) is 31.2 Å². The van der Waals surface area contributed by atoms with Gasteiger partial charge in [0.1, 0.15) is 22.2 Å². The summed E-state index contributed by atoms with van der Waals surface area (Å²) < 4.78 is 43.8. The minimum atomic E-state index is -4.48. The highest BCUT2D eigenvalue weighted by molar-refractivity contribution is 7.13. The Kier molecular flexibility index (Phi) is 6.90. The van der Waals surface area contributed by atoms with Crippen LogP contribution < -0.4 is 10.1 Å². The average molecular weight is 475 g/mol. The Bertz CT molecular complexity index is 1050. The summed E-state index contributed by atoms with van der Waals surface area (Å²) in [5, 5.41) is 3.80. The molecule has 3 rings (SSSR count). The smallest absolute Gasteiger partial charge is 0.416 e. The molecule has 1 heterocycles. The average Bonchev–Trinajstić information content (AvgIpc) is 3.06. The van der Waals surface area contributed by atoms with Crippen molar-refractivity contribution in [1.29, 1.82) is 0 Å². The molecule has 3 aromatic rings. The minimum Gasteiger partial charge on any atom is -0.486 e. The van der Waals surface area contributed by atoms with Crippen molar-refractivity contribution in [2.24, 2.45) is 0 Å². The van der Waals surface area contributed by atoms with Crippen molar-refractivity contribution >= 4 is 40.4 Å². The number of rotatable bonds is 6. The van der Waals surface area contributed by atoms with Crippen molar-refractivity contribution < 1.29 is 22.7 Å². The number of carbonyl (C=O) groups excluding carboxylic acids is 1. The first-order chi connectivity index (χ1) is 14.1. The zero-order chi connectivity index (χ0) is 21.9. The minimum absolute atomic E-state index is 0.0102. The van der Waals surface area contributed by atoms with E-state index in [2.05, 4.69) is 10.3 Å². The lowest BCUT2D eigenvalue weighted by molar-refractivity contribution is -0.137. The van der Waals surface area contributed by atoms with Gasteiger partial charge in [0.25, 0.3) is 5.91 Å². The summed E-state index contributed by atoms with van der Waals surface area (Å²) in [5.41, 5.74) is 0.0726. The van der Waals surface area contributed by atoms with Crippen LogP contribution in [0, 0.1) is 6.92 Å². The van der Waals surface area contributed by atoms with Gasteiger partial charge in [0, 0.05) is 16.6 Å². The number of carbonyl (C=O) groups is 1. The number of hydrogen-bond donors (Lipinski definition) is 1. The third kappa shape index (κ3) is 5.65. The number of aryl methyl sites for hydroxylation is 1. The number of ether oxygens (including phenoxy) is 1. The summed E-state index contributed by atoms with van der Waals surface area (Å²) >= 11 is 12.9.